The van der Waals surface area contributed by atoms with Crippen LogP contribution in [-0.2, 0) is 0 Å². The minimum atomic E-state index is 0.364. The van der Waals surface area contributed by atoms with Crippen LogP contribution in [-0.4, -0.2) is 6.04 Å². The molecule has 0 bridgehead atoms. The van der Waals surface area contributed by atoms with Gasteiger partial charge in [0.1, 0.15) is 0 Å². The van der Waals surface area contributed by atoms with E-state index in [9.17, 15) is 0 Å². The third kappa shape index (κ3) is 7.24. The van der Waals surface area contributed by atoms with E-state index in [1.165, 1.54) is 41.5 Å². The zero-order valence-corrected chi connectivity index (χ0v) is 19.0. The van der Waals surface area contributed by atoms with Crippen molar-refractivity contribution in [3.8, 4) is 0 Å². The summed E-state index contributed by atoms with van der Waals surface area (Å²) in [4.78, 5) is 0. The molecular weight excluding hydrogens is 350 g/mol. The molecule has 1 aliphatic heterocycles. The second-order valence-corrected chi connectivity index (χ2v) is 8.10. The highest BCUT2D eigenvalue weighted by Gasteiger charge is 2.28. The predicted molar refractivity (Wildman–Crippen MR) is 130 cm³/mol. The summed E-state index contributed by atoms with van der Waals surface area (Å²) in [6.45, 7) is 10.6. The monoisotopic (exact) mass is 389 g/mol. The minimum absolute atomic E-state index is 0.364. The normalized spacial score (nSPS) is 22.9. The van der Waals surface area contributed by atoms with Crippen LogP contribution in [0.25, 0.3) is 5.57 Å². The van der Waals surface area contributed by atoms with Crippen LogP contribution in [0.3, 0.4) is 0 Å². The average molecular weight is 390 g/mol. The van der Waals surface area contributed by atoms with Crippen LogP contribution >= 0.6 is 0 Å². The first-order valence-corrected chi connectivity index (χ1v) is 11.3. The molecule has 156 valence electrons. The van der Waals surface area contributed by atoms with Gasteiger partial charge in [0.2, 0.25) is 0 Å². The molecule has 1 aromatic carbocycles. The summed E-state index contributed by atoms with van der Waals surface area (Å²) in [6, 6.07) is 11.1. The van der Waals surface area contributed by atoms with Gasteiger partial charge in [-0.2, -0.15) is 0 Å². The number of nitrogens with one attached hydrogen (secondary N) is 1. The van der Waals surface area contributed by atoms with E-state index in [1.807, 2.05) is 26.0 Å². The Morgan fingerprint density at radius 1 is 1.03 bits per heavy atom. The molecule has 2 unspecified atom stereocenters. The van der Waals surface area contributed by atoms with E-state index in [2.05, 4.69) is 86.9 Å². The Labute approximate surface area is 179 Å². The lowest BCUT2D eigenvalue weighted by molar-refractivity contribution is 0.606. The maximum Gasteiger partial charge on any atom is 0.0664 e. The molecule has 0 saturated heterocycles. The Hall–Kier alpha value is -2.28. The summed E-state index contributed by atoms with van der Waals surface area (Å²) in [5.41, 5.74) is 5.74. The summed E-state index contributed by atoms with van der Waals surface area (Å²) >= 11 is 0. The van der Waals surface area contributed by atoms with E-state index in [4.69, 9.17) is 0 Å². The third-order valence-corrected chi connectivity index (χ3v) is 5.34. The van der Waals surface area contributed by atoms with E-state index in [1.54, 1.807) is 0 Å². The molecule has 0 spiro atoms. The number of hydrogen-bond donors (Lipinski definition) is 1. The van der Waals surface area contributed by atoms with Gasteiger partial charge in [0.15, 0.2) is 0 Å². The molecule has 1 heterocycles. The lowest BCUT2D eigenvalue weighted by Crippen LogP contribution is -2.30. The lowest BCUT2D eigenvalue weighted by atomic mass is 9.82. The zero-order chi connectivity index (χ0) is 21.1. The fourth-order valence-electron chi connectivity index (χ4n) is 3.47. The molecule has 29 heavy (non-hydrogen) atoms. The molecule has 2 aliphatic carbocycles. The van der Waals surface area contributed by atoms with Crippen molar-refractivity contribution in [3.63, 3.8) is 0 Å². The van der Waals surface area contributed by atoms with Gasteiger partial charge in [0.25, 0.3) is 0 Å². The Bertz CT molecular complexity index is 753. The summed E-state index contributed by atoms with van der Waals surface area (Å²) in [7, 11) is 0. The van der Waals surface area contributed by atoms with Crippen LogP contribution in [0.2, 0.25) is 0 Å². The van der Waals surface area contributed by atoms with Gasteiger partial charge in [0.05, 0.1) is 6.04 Å². The highest BCUT2D eigenvalue weighted by atomic mass is 14.9. The lowest BCUT2D eigenvalue weighted by Gasteiger charge is -2.29. The first-order chi connectivity index (χ1) is 14.1. The van der Waals surface area contributed by atoms with Crippen molar-refractivity contribution in [1.29, 1.82) is 0 Å². The molecule has 3 aliphatic rings. The van der Waals surface area contributed by atoms with Crippen LogP contribution in [0.5, 0.6) is 0 Å². The second kappa shape index (κ2) is 12.3. The summed E-state index contributed by atoms with van der Waals surface area (Å²) < 4.78 is 0. The van der Waals surface area contributed by atoms with Crippen LogP contribution in [0.15, 0.2) is 84.1 Å². The van der Waals surface area contributed by atoms with Crippen molar-refractivity contribution in [2.45, 2.75) is 66.3 Å². The standard InChI is InChI=1S/C21H23N.C4H8.C3H8/c1-15-7-8-18(16-5-3-2-4-6-16)13-20(15)21-14-19(11-12-22-21)17-9-10-17;1-3-4-2;1-3-2/h2-6,8,11-15,17,21-22H,7,9-10H2,1H3;3-4H,1-2H3;3H2,1-2H3. The van der Waals surface area contributed by atoms with Crippen LogP contribution in [0.1, 0.15) is 65.9 Å². The number of benzene rings is 1. The zero-order valence-electron chi connectivity index (χ0n) is 19.0. The van der Waals surface area contributed by atoms with Gasteiger partial charge < -0.3 is 5.32 Å². The minimum Gasteiger partial charge on any atom is -0.381 e. The molecule has 1 fully saturated rings. The van der Waals surface area contributed by atoms with Crippen LogP contribution in [0, 0.1) is 11.8 Å². The first kappa shape index (κ1) is 23.0. The number of allylic oxidation sites excluding steroid dienone is 7. The molecule has 4 rings (SSSR count). The third-order valence-electron chi connectivity index (χ3n) is 5.34. The molecule has 2 atom stereocenters. The topological polar surface area (TPSA) is 12.0 Å². The predicted octanol–water partition coefficient (Wildman–Crippen LogP) is 7.86. The maximum atomic E-state index is 3.55. The van der Waals surface area contributed by atoms with Gasteiger partial charge in [-0.3, -0.25) is 0 Å². The van der Waals surface area contributed by atoms with Gasteiger partial charge in [-0.25, -0.2) is 0 Å². The Morgan fingerprint density at radius 2 is 1.69 bits per heavy atom. The van der Waals surface area contributed by atoms with E-state index < -0.39 is 0 Å². The molecular formula is C28H39N. The summed E-state index contributed by atoms with van der Waals surface area (Å²) in [6.07, 6.45) is 20.8. The highest BCUT2D eigenvalue weighted by molar-refractivity contribution is 5.76. The van der Waals surface area contributed by atoms with E-state index >= 15 is 0 Å². The van der Waals surface area contributed by atoms with Crippen molar-refractivity contribution in [2.75, 3.05) is 0 Å². The Kier molecular flexibility index (Phi) is 9.77. The Balaban J connectivity index is 0.000000377. The maximum absolute atomic E-state index is 3.55. The quantitative estimate of drug-likeness (QED) is 0.519. The molecule has 1 saturated carbocycles. The van der Waals surface area contributed by atoms with Gasteiger partial charge >= 0.3 is 0 Å². The number of hydrogen-bond acceptors (Lipinski definition) is 1. The van der Waals surface area contributed by atoms with Crippen LogP contribution < -0.4 is 5.32 Å². The fraction of sp³-hybridized carbons (Fsp3) is 0.429. The van der Waals surface area contributed by atoms with Crippen molar-refractivity contribution >= 4 is 5.57 Å². The van der Waals surface area contributed by atoms with Gasteiger partial charge in [-0.15, -0.1) is 0 Å². The van der Waals surface area contributed by atoms with Gasteiger partial charge in [-0.1, -0.05) is 87.9 Å². The van der Waals surface area contributed by atoms with E-state index in [0.29, 0.717) is 12.0 Å². The summed E-state index contributed by atoms with van der Waals surface area (Å²) in [5.74, 6) is 1.43. The summed E-state index contributed by atoms with van der Waals surface area (Å²) in [5, 5.41) is 3.55. The number of dihydropyridines is 1. The molecule has 1 nitrogen and oxygen atoms in total. The molecule has 0 radical (unpaired) electrons. The average Bonchev–Trinajstić information content (AvgIpc) is 3.61. The first-order valence-electron chi connectivity index (χ1n) is 11.3. The van der Waals surface area contributed by atoms with Crippen LogP contribution in [0.4, 0.5) is 0 Å². The van der Waals surface area contributed by atoms with Gasteiger partial charge in [0, 0.05) is 0 Å². The molecule has 1 heteroatoms. The van der Waals surface area contributed by atoms with E-state index in [0.717, 1.165) is 12.3 Å². The van der Waals surface area contributed by atoms with Crippen molar-refractivity contribution in [2.24, 2.45) is 11.8 Å². The largest absolute Gasteiger partial charge is 0.381 e. The molecule has 1 aromatic rings. The van der Waals surface area contributed by atoms with Crippen molar-refractivity contribution in [3.05, 3.63) is 89.7 Å². The number of rotatable bonds is 3. The van der Waals surface area contributed by atoms with Gasteiger partial charge in [-0.05, 0) is 79.5 Å². The fourth-order valence-corrected chi connectivity index (χ4v) is 3.47. The molecule has 1 N–H and O–H groups in total. The second-order valence-electron chi connectivity index (χ2n) is 8.10. The SMILES string of the molecule is CC1CC=C(c2ccccc2)C=C1C1C=C(C2CC2)C=CN1.CC=CC.CCC. The Morgan fingerprint density at radius 3 is 2.28 bits per heavy atom. The van der Waals surface area contributed by atoms with E-state index in [-0.39, 0.29) is 0 Å². The molecule has 0 amide bonds. The van der Waals surface area contributed by atoms with Crippen molar-refractivity contribution in [1.82, 2.24) is 5.32 Å². The highest BCUT2D eigenvalue weighted by Crippen LogP contribution is 2.39. The smallest absolute Gasteiger partial charge is 0.0664 e. The molecule has 0 aromatic heterocycles. The van der Waals surface area contributed by atoms with Crippen molar-refractivity contribution < 1.29 is 0 Å².